The second-order valence-electron chi connectivity index (χ2n) is 9.35. The van der Waals surface area contributed by atoms with Crippen molar-refractivity contribution in [3.05, 3.63) is 29.3 Å². The molecule has 0 unspecified atom stereocenters. The van der Waals surface area contributed by atoms with E-state index in [0.717, 1.165) is 39.0 Å². The van der Waals surface area contributed by atoms with Gasteiger partial charge in [0.25, 0.3) is 0 Å². The number of nitrogens with zero attached hydrogens (tertiary/aromatic N) is 3. The van der Waals surface area contributed by atoms with E-state index < -0.39 is 12.1 Å². The van der Waals surface area contributed by atoms with E-state index in [4.69, 9.17) is 11.6 Å². The van der Waals surface area contributed by atoms with Gasteiger partial charge in [0.05, 0.1) is 6.10 Å². The van der Waals surface area contributed by atoms with Gasteiger partial charge in [-0.15, -0.1) is 0 Å². The molecule has 4 rings (SSSR count). The molecule has 2 atom stereocenters. The molecular weight excluding hydrogens is 430 g/mol. The largest absolute Gasteiger partial charge is 0.391 e. The molecule has 1 aromatic rings. The molecule has 3 amide bonds. The molecule has 176 valence electrons. The number of piperidine rings is 2. The highest BCUT2D eigenvalue weighted by atomic mass is 35.5. The maximum Gasteiger partial charge on any atom is 0.322 e. The highest BCUT2D eigenvalue weighted by Crippen LogP contribution is 2.23. The van der Waals surface area contributed by atoms with Crippen LogP contribution in [0.15, 0.2) is 24.3 Å². The third-order valence-electron chi connectivity index (χ3n) is 7.02. The van der Waals surface area contributed by atoms with Crippen molar-refractivity contribution in [3.8, 4) is 0 Å². The van der Waals surface area contributed by atoms with E-state index in [-0.39, 0.29) is 30.9 Å². The number of hydrogen-bond acceptors (Lipinski definition) is 5. The summed E-state index contributed by atoms with van der Waals surface area (Å²) < 4.78 is 0. The molecule has 3 saturated heterocycles. The average Bonchev–Trinajstić information content (AvgIpc) is 3.18. The summed E-state index contributed by atoms with van der Waals surface area (Å²) in [5.41, 5.74) is 0.598. The number of likely N-dealkylation sites (tertiary alicyclic amines) is 3. The maximum atomic E-state index is 13.0. The van der Waals surface area contributed by atoms with Crippen LogP contribution in [0.5, 0.6) is 0 Å². The van der Waals surface area contributed by atoms with Crippen LogP contribution in [0.2, 0.25) is 5.02 Å². The molecular formula is C23H34ClN5O3. The minimum atomic E-state index is -0.701. The second-order valence-corrected chi connectivity index (χ2v) is 9.78. The number of rotatable bonds is 4. The van der Waals surface area contributed by atoms with Crippen molar-refractivity contribution in [3.63, 3.8) is 0 Å². The van der Waals surface area contributed by atoms with Crippen LogP contribution in [0, 0.1) is 0 Å². The molecule has 0 radical (unpaired) electrons. The lowest BCUT2D eigenvalue weighted by atomic mass is 9.98. The smallest absolute Gasteiger partial charge is 0.322 e. The minimum Gasteiger partial charge on any atom is -0.391 e. The summed E-state index contributed by atoms with van der Waals surface area (Å²) >= 11 is 5.90. The van der Waals surface area contributed by atoms with E-state index >= 15 is 0 Å². The molecule has 32 heavy (non-hydrogen) atoms. The molecule has 8 nitrogen and oxygen atoms in total. The van der Waals surface area contributed by atoms with Crippen LogP contribution in [0.25, 0.3) is 0 Å². The van der Waals surface area contributed by atoms with Crippen molar-refractivity contribution >= 4 is 29.2 Å². The monoisotopic (exact) mass is 463 g/mol. The Hall–Kier alpha value is -1.87. The van der Waals surface area contributed by atoms with Gasteiger partial charge in [-0.1, -0.05) is 11.6 Å². The van der Waals surface area contributed by atoms with E-state index in [2.05, 4.69) is 27.5 Å². The predicted octanol–water partition coefficient (Wildman–Crippen LogP) is 1.98. The predicted molar refractivity (Wildman–Crippen MR) is 125 cm³/mol. The van der Waals surface area contributed by atoms with E-state index in [1.807, 2.05) is 0 Å². The van der Waals surface area contributed by atoms with Crippen molar-refractivity contribution in [2.24, 2.45) is 0 Å². The number of carbonyl (C=O) groups excluding carboxylic acids is 2. The van der Waals surface area contributed by atoms with Crippen LogP contribution >= 0.6 is 11.6 Å². The first-order chi connectivity index (χ1) is 15.4. The first-order valence-electron chi connectivity index (χ1n) is 11.6. The van der Waals surface area contributed by atoms with Crippen molar-refractivity contribution in [1.29, 1.82) is 0 Å². The zero-order chi connectivity index (χ0) is 22.7. The van der Waals surface area contributed by atoms with Gasteiger partial charge in [0, 0.05) is 48.8 Å². The third-order valence-corrected chi connectivity index (χ3v) is 7.27. The van der Waals surface area contributed by atoms with Crippen LogP contribution < -0.4 is 10.6 Å². The number of aliphatic hydroxyl groups is 1. The summed E-state index contributed by atoms with van der Waals surface area (Å²) in [6.45, 7) is 4.44. The van der Waals surface area contributed by atoms with E-state index in [1.54, 1.807) is 24.3 Å². The Morgan fingerprint density at radius 2 is 1.69 bits per heavy atom. The number of hydrogen-bond donors (Lipinski definition) is 3. The fraction of sp³-hybridized carbons (Fsp3) is 0.652. The van der Waals surface area contributed by atoms with E-state index in [9.17, 15) is 14.7 Å². The number of benzene rings is 1. The number of carbonyl (C=O) groups is 2. The van der Waals surface area contributed by atoms with E-state index in [0.29, 0.717) is 16.8 Å². The topological polar surface area (TPSA) is 88.2 Å². The number of anilines is 1. The summed E-state index contributed by atoms with van der Waals surface area (Å²) in [4.78, 5) is 32.2. The van der Waals surface area contributed by atoms with Crippen LogP contribution in [0.1, 0.15) is 32.1 Å². The standard InChI is InChI=1S/C23H34ClN5O3/c1-27-10-8-19(9-11-27)28-12-6-18(7-13-28)25-22(31)21-14-20(30)15-29(21)23(32)26-17-4-2-16(24)3-5-17/h2-5,18-21,30H,6-15H2,1H3,(H,25,31)(H,26,32)/t20-,21-/m1/s1. The van der Waals surface area contributed by atoms with Crippen LogP contribution in [-0.4, -0.2) is 95.7 Å². The minimum absolute atomic E-state index is 0.115. The number of halogens is 1. The number of nitrogens with one attached hydrogen (secondary N) is 2. The van der Waals surface area contributed by atoms with Gasteiger partial charge >= 0.3 is 6.03 Å². The summed E-state index contributed by atoms with van der Waals surface area (Å²) in [5, 5.41) is 16.7. The Morgan fingerprint density at radius 1 is 1.03 bits per heavy atom. The van der Waals surface area contributed by atoms with Gasteiger partial charge in [-0.25, -0.2) is 4.79 Å². The van der Waals surface area contributed by atoms with Crippen molar-refractivity contribution in [2.75, 3.05) is 45.1 Å². The SMILES string of the molecule is CN1CCC(N2CCC(NC(=O)[C@H]3C[C@@H](O)CN3C(=O)Nc3ccc(Cl)cc3)CC2)CC1. The summed E-state index contributed by atoms with van der Waals surface area (Å²) in [6.07, 6.45) is 3.83. The highest BCUT2D eigenvalue weighted by Gasteiger charge is 2.40. The molecule has 3 N–H and O–H groups in total. The molecule has 1 aromatic carbocycles. The van der Waals surface area contributed by atoms with E-state index in [1.165, 1.54) is 17.7 Å². The Morgan fingerprint density at radius 3 is 2.34 bits per heavy atom. The number of aliphatic hydroxyl groups excluding tert-OH is 1. The van der Waals surface area contributed by atoms with Crippen LogP contribution in [-0.2, 0) is 4.79 Å². The molecule has 3 aliphatic rings. The van der Waals surface area contributed by atoms with Crippen molar-refractivity contribution in [2.45, 2.75) is 56.3 Å². The van der Waals surface area contributed by atoms with Gasteiger partial charge in [-0.05, 0) is 70.1 Å². The fourth-order valence-corrected chi connectivity index (χ4v) is 5.21. The maximum absolute atomic E-state index is 13.0. The second kappa shape index (κ2) is 10.4. The Kier molecular flexibility index (Phi) is 7.55. The fourth-order valence-electron chi connectivity index (χ4n) is 5.08. The highest BCUT2D eigenvalue weighted by molar-refractivity contribution is 6.30. The molecule has 0 spiro atoms. The van der Waals surface area contributed by atoms with Gasteiger partial charge in [0.15, 0.2) is 0 Å². The van der Waals surface area contributed by atoms with Crippen molar-refractivity contribution < 1.29 is 14.7 Å². The third kappa shape index (κ3) is 5.73. The van der Waals surface area contributed by atoms with Crippen LogP contribution in [0.3, 0.4) is 0 Å². The van der Waals surface area contributed by atoms with Crippen LogP contribution in [0.4, 0.5) is 10.5 Å². The molecule has 0 aliphatic carbocycles. The zero-order valence-corrected chi connectivity index (χ0v) is 19.4. The number of amides is 3. The summed E-state index contributed by atoms with van der Waals surface area (Å²) in [6, 6.07) is 6.52. The molecule has 3 fully saturated rings. The zero-order valence-electron chi connectivity index (χ0n) is 18.7. The van der Waals surface area contributed by atoms with Gasteiger partial charge in [0.2, 0.25) is 5.91 Å². The lowest BCUT2D eigenvalue weighted by Crippen LogP contribution is -2.54. The lowest BCUT2D eigenvalue weighted by Gasteiger charge is -2.41. The molecule has 3 aliphatic heterocycles. The Labute approximate surface area is 194 Å². The van der Waals surface area contributed by atoms with Gasteiger partial charge in [-0.2, -0.15) is 0 Å². The molecule has 0 aromatic heterocycles. The molecule has 0 bridgehead atoms. The number of β-amino-alcohol motifs (C(OH)–C–C–N with tert-alkyl or cyclic N) is 1. The Bertz CT molecular complexity index is 791. The lowest BCUT2D eigenvalue weighted by molar-refractivity contribution is -0.125. The van der Waals surface area contributed by atoms with Gasteiger partial charge in [-0.3, -0.25) is 4.79 Å². The molecule has 0 saturated carbocycles. The average molecular weight is 464 g/mol. The normalized spacial score (nSPS) is 26.3. The quantitative estimate of drug-likeness (QED) is 0.635. The summed E-state index contributed by atoms with van der Waals surface area (Å²) in [7, 11) is 2.18. The van der Waals surface area contributed by atoms with Gasteiger partial charge < -0.3 is 30.4 Å². The first kappa shape index (κ1) is 23.3. The van der Waals surface area contributed by atoms with Gasteiger partial charge in [0.1, 0.15) is 6.04 Å². The number of urea groups is 1. The Balaban J connectivity index is 1.28. The van der Waals surface area contributed by atoms with Crippen molar-refractivity contribution in [1.82, 2.24) is 20.0 Å². The summed E-state index contributed by atoms with van der Waals surface area (Å²) in [5.74, 6) is -0.175. The molecule has 9 heteroatoms. The first-order valence-corrected chi connectivity index (χ1v) is 12.0. The molecule has 3 heterocycles.